The molecule has 0 radical (unpaired) electrons. The van der Waals surface area contributed by atoms with Gasteiger partial charge in [0.2, 0.25) is 5.91 Å². The third-order valence-corrected chi connectivity index (χ3v) is 6.05. The number of rotatable bonds is 12. The van der Waals surface area contributed by atoms with Crippen molar-refractivity contribution in [1.82, 2.24) is 19.4 Å². The molecule has 2 aromatic heterocycles. The third-order valence-electron chi connectivity index (χ3n) is 6.05. The second-order valence-electron chi connectivity index (χ2n) is 9.68. The number of aromatic nitrogens is 3. The van der Waals surface area contributed by atoms with Crippen LogP contribution in [0.5, 0.6) is 0 Å². The molecule has 0 aromatic carbocycles. The molecule has 7 nitrogen and oxygen atoms in total. The van der Waals surface area contributed by atoms with Crippen molar-refractivity contribution < 1.29 is 14.3 Å². The number of aryl methyl sites for hydroxylation is 2. The Morgan fingerprint density at radius 1 is 1.22 bits per heavy atom. The molecule has 2 rings (SSSR count). The number of amides is 1. The third kappa shape index (κ3) is 6.53. The lowest BCUT2D eigenvalue weighted by molar-refractivity contribution is -0.157. The predicted octanol–water partition coefficient (Wildman–Crippen LogP) is 4.76. The summed E-state index contributed by atoms with van der Waals surface area (Å²) < 4.78 is 7.47. The largest absolute Gasteiger partial charge is 0.464 e. The monoisotopic (exact) mass is 444 g/mol. The molecule has 1 atom stereocenters. The minimum absolute atomic E-state index is 0.000140. The molecule has 0 N–H and O–H groups in total. The van der Waals surface area contributed by atoms with Crippen LogP contribution >= 0.6 is 0 Å². The number of nitrogens with zero attached hydrogens (tertiary/aromatic N) is 4. The van der Waals surface area contributed by atoms with Crippen molar-refractivity contribution in [3.8, 4) is 0 Å². The highest BCUT2D eigenvalue weighted by Gasteiger charge is 2.36. The molecule has 0 saturated carbocycles. The fourth-order valence-corrected chi connectivity index (χ4v) is 4.22. The summed E-state index contributed by atoms with van der Waals surface area (Å²) in [5.41, 5.74) is 1.52. The molecule has 0 fully saturated rings. The molecule has 0 aliphatic heterocycles. The zero-order chi connectivity index (χ0) is 23.9. The lowest BCUT2D eigenvalue weighted by Gasteiger charge is -2.34. The number of pyridine rings is 1. The van der Waals surface area contributed by atoms with Crippen LogP contribution in [0.2, 0.25) is 0 Å². The average Bonchev–Trinajstić information content (AvgIpc) is 3.05. The van der Waals surface area contributed by atoms with E-state index in [4.69, 9.17) is 4.74 Å². The number of likely N-dealkylation sites (N-methyl/N-ethyl adjacent to an activating group) is 1. The van der Waals surface area contributed by atoms with Crippen molar-refractivity contribution in [2.75, 3.05) is 13.7 Å². The van der Waals surface area contributed by atoms with E-state index in [2.05, 4.69) is 28.4 Å². The van der Waals surface area contributed by atoms with Gasteiger partial charge in [-0.2, -0.15) is 0 Å². The highest BCUT2D eigenvalue weighted by atomic mass is 16.5. The van der Waals surface area contributed by atoms with Crippen molar-refractivity contribution >= 4 is 22.9 Å². The molecule has 1 amide bonds. The summed E-state index contributed by atoms with van der Waals surface area (Å²) in [5, 5.41) is 0. The van der Waals surface area contributed by atoms with Crippen LogP contribution < -0.4 is 0 Å². The molecular formula is C25H40N4O3. The Morgan fingerprint density at radius 3 is 2.59 bits per heavy atom. The van der Waals surface area contributed by atoms with Crippen molar-refractivity contribution in [2.45, 2.75) is 86.2 Å². The molecule has 0 aliphatic rings. The van der Waals surface area contributed by atoms with Gasteiger partial charge in [0.1, 0.15) is 17.4 Å². The van der Waals surface area contributed by atoms with Gasteiger partial charge in [0.05, 0.1) is 18.3 Å². The van der Waals surface area contributed by atoms with Crippen LogP contribution in [0.25, 0.3) is 11.0 Å². The van der Waals surface area contributed by atoms with Crippen LogP contribution in [-0.4, -0.2) is 51.0 Å². The van der Waals surface area contributed by atoms with Gasteiger partial charge in [0.25, 0.3) is 0 Å². The Bertz CT molecular complexity index is 904. The number of carbonyl (C=O) groups excluding carboxylic acids is 2. The lowest BCUT2D eigenvalue weighted by atomic mass is 9.84. The summed E-state index contributed by atoms with van der Waals surface area (Å²) >= 11 is 0. The van der Waals surface area contributed by atoms with Crippen LogP contribution in [0.1, 0.15) is 72.5 Å². The number of fused-ring (bicyclic) bond motifs is 1. The van der Waals surface area contributed by atoms with Gasteiger partial charge in [-0.3, -0.25) is 9.78 Å². The molecule has 0 saturated heterocycles. The van der Waals surface area contributed by atoms with Gasteiger partial charge in [0, 0.05) is 25.2 Å². The topological polar surface area (TPSA) is 77.3 Å². The van der Waals surface area contributed by atoms with Crippen LogP contribution in [0.15, 0.2) is 18.5 Å². The fourth-order valence-electron chi connectivity index (χ4n) is 4.22. The minimum Gasteiger partial charge on any atom is -0.464 e. The van der Waals surface area contributed by atoms with Crippen molar-refractivity contribution in [2.24, 2.45) is 11.3 Å². The summed E-state index contributed by atoms with van der Waals surface area (Å²) in [4.78, 5) is 36.0. The molecule has 0 unspecified atom stereocenters. The lowest BCUT2D eigenvalue weighted by Crippen LogP contribution is -2.49. The van der Waals surface area contributed by atoms with E-state index in [9.17, 15) is 9.59 Å². The maximum Gasteiger partial charge on any atom is 0.328 e. The van der Waals surface area contributed by atoms with E-state index < -0.39 is 11.5 Å². The molecular weight excluding hydrogens is 404 g/mol. The fraction of sp³-hybridized carbons (Fsp3) is 0.680. The van der Waals surface area contributed by atoms with E-state index in [1.165, 1.54) is 0 Å². The van der Waals surface area contributed by atoms with Gasteiger partial charge in [-0.1, -0.05) is 40.5 Å². The van der Waals surface area contributed by atoms with E-state index >= 15 is 0 Å². The average molecular weight is 445 g/mol. The maximum atomic E-state index is 13.2. The molecule has 7 heteroatoms. The number of hydrogen-bond donors (Lipinski definition) is 0. The van der Waals surface area contributed by atoms with Gasteiger partial charge < -0.3 is 14.2 Å². The van der Waals surface area contributed by atoms with E-state index in [-0.39, 0.29) is 11.9 Å². The van der Waals surface area contributed by atoms with Gasteiger partial charge in [0.15, 0.2) is 0 Å². The van der Waals surface area contributed by atoms with Crippen LogP contribution in [0, 0.1) is 18.3 Å². The second kappa shape index (κ2) is 11.4. The molecule has 2 aromatic rings. The van der Waals surface area contributed by atoms with Gasteiger partial charge in [-0.25, -0.2) is 9.78 Å². The SMILES string of the molecule is CCOC(=O)[C@H](CC(C)C)N(C)C(=O)C(C)(C)CCCCCn1c(C)nc2cnccc21. The second-order valence-corrected chi connectivity index (χ2v) is 9.68. The number of hydrogen-bond acceptors (Lipinski definition) is 5. The van der Waals surface area contributed by atoms with Crippen LogP contribution in [-0.2, 0) is 20.9 Å². The number of ether oxygens (including phenoxy) is 1. The Balaban J connectivity index is 1.90. The van der Waals surface area contributed by atoms with E-state index in [0.29, 0.717) is 18.9 Å². The molecule has 2 heterocycles. The highest BCUT2D eigenvalue weighted by molar-refractivity contribution is 5.87. The van der Waals surface area contributed by atoms with E-state index in [1.54, 1.807) is 31.3 Å². The van der Waals surface area contributed by atoms with Gasteiger partial charge in [-0.05, 0) is 45.1 Å². The normalized spacial score (nSPS) is 12.9. The van der Waals surface area contributed by atoms with Gasteiger partial charge >= 0.3 is 5.97 Å². The first-order valence-corrected chi connectivity index (χ1v) is 11.8. The highest BCUT2D eigenvalue weighted by Crippen LogP contribution is 2.28. The summed E-state index contributed by atoms with van der Waals surface area (Å²) in [6, 6.07) is 1.47. The minimum atomic E-state index is -0.534. The standard InChI is InChI=1S/C25H40N4O3/c1-8-32-23(30)22(16-18(2)3)28(7)24(31)25(5,6)13-10-9-11-15-29-19(4)27-20-17-26-14-12-21(20)29/h12,14,17-18,22H,8-11,13,15-16H2,1-7H3/t22-/m0/s1. The molecule has 0 aliphatic carbocycles. The van der Waals surface area contributed by atoms with Gasteiger partial charge in [-0.15, -0.1) is 0 Å². The Hall–Kier alpha value is -2.44. The Kier molecular flexibility index (Phi) is 9.22. The van der Waals surface area contributed by atoms with E-state index in [0.717, 1.165) is 49.1 Å². The summed E-state index contributed by atoms with van der Waals surface area (Å²) in [6.45, 7) is 13.1. The van der Waals surface area contributed by atoms with Crippen LogP contribution in [0.3, 0.4) is 0 Å². The van der Waals surface area contributed by atoms with Crippen molar-refractivity contribution in [1.29, 1.82) is 0 Å². The molecule has 0 spiro atoms. The number of carbonyl (C=O) groups is 2. The molecule has 0 bridgehead atoms. The smallest absolute Gasteiger partial charge is 0.328 e. The first-order chi connectivity index (χ1) is 15.1. The maximum absolute atomic E-state index is 13.2. The Labute approximate surface area is 192 Å². The summed E-state index contributed by atoms with van der Waals surface area (Å²) in [6.07, 6.45) is 7.98. The first-order valence-electron chi connectivity index (χ1n) is 11.8. The van der Waals surface area contributed by atoms with Crippen LogP contribution in [0.4, 0.5) is 0 Å². The predicted molar refractivity (Wildman–Crippen MR) is 127 cm³/mol. The van der Waals surface area contributed by atoms with E-state index in [1.807, 2.05) is 26.8 Å². The zero-order valence-electron chi connectivity index (χ0n) is 20.9. The van der Waals surface area contributed by atoms with Crippen molar-refractivity contribution in [3.05, 3.63) is 24.3 Å². The molecule has 32 heavy (non-hydrogen) atoms. The number of unbranched alkanes of at least 4 members (excludes halogenated alkanes) is 2. The van der Waals surface area contributed by atoms with Crippen molar-refractivity contribution in [3.63, 3.8) is 0 Å². The Morgan fingerprint density at radius 2 is 1.94 bits per heavy atom. The number of imidazole rings is 1. The quantitative estimate of drug-likeness (QED) is 0.348. The summed E-state index contributed by atoms with van der Waals surface area (Å²) in [7, 11) is 1.73. The molecule has 178 valence electrons. The zero-order valence-corrected chi connectivity index (χ0v) is 20.9. The summed E-state index contributed by atoms with van der Waals surface area (Å²) in [5.74, 6) is 0.979. The number of esters is 1. The first kappa shape index (κ1) is 25.8.